The monoisotopic (exact) mass is 344 g/mol. The molecule has 1 aromatic carbocycles. The second-order valence-corrected chi connectivity index (χ2v) is 6.77. The molecule has 1 saturated carbocycles. The number of nitrogens with one attached hydrogen (secondary N) is 1. The molecule has 3 rings (SSSR count). The van der Waals surface area contributed by atoms with Gasteiger partial charge in [-0.1, -0.05) is 37.2 Å². The van der Waals surface area contributed by atoms with Crippen LogP contribution in [0.3, 0.4) is 0 Å². The molecule has 0 bridgehead atoms. The number of aliphatic hydroxyl groups is 1. The predicted octanol–water partition coefficient (Wildman–Crippen LogP) is 2.81. The number of amides is 1. The van der Waals surface area contributed by atoms with E-state index in [0.29, 0.717) is 29.9 Å². The van der Waals surface area contributed by atoms with Crippen LogP contribution in [0.25, 0.3) is 0 Å². The molecule has 2 N–H and O–H groups in total. The second-order valence-electron chi connectivity index (χ2n) is 6.77. The Labute approximate surface area is 147 Å². The van der Waals surface area contributed by atoms with Gasteiger partial charge in [0.2, 0.25) is 0 Å². The molecule has 1 fully saturated rings. The number of hydrogen-bond acceptors (Lipinski definition) is 5. The van der Waals surface area contributed by atoms with Crippen LogP contribution in [0.4, 0.5) is 0 Å². The Morgan fingerprint density at radius 1 is 1.32 bits per heavy atom. The number of rotatable bonds is 5. The van der Waals surface area contributed by atoms with Gasteiger partial charge in [-0.25, -0.2) is 0 Å². The summed E-state index contributed by atoms with van der Waals surface area (Å²) in [5, 5.41) is 17.4. The van der Waals surface area contributed by atoms with Crippen LogP contribution in [0.1, 0.15) is 54.4 Å². The second kappa shape index (κ2) is 7.27. The highest BCUT2D eigenvalue weighted by Gasteiger charge is 2.38. The molecule has 0 saturated heterocycles. The minimum absolute atomic E-state index is 0.0841. The highest BCUT2D eigenvalue weighted by atomic mass is 16.5. The Morgan fingerprint density at radius 2 is 2.04 bits per heavy atom. The summed E-state index contributed by atoms with van der Waals surface area (Å²) in [6, 6.07) is 9.04. The zero-order valence-electron chi connectivity index (χ0n) is 14.7. The van der Waals surface area contributed by atoms with Gasteiger partial charge in [-0.2, -0.15) is 0 Å². The van der Waals surface area contributed by atoms with E-state index in [4.69, 9.17) is 9.26 Å². The van der Waals surface area contributed by atoms with Crippen LogP contribution in [0.5, 0.6) is 5.75 Å². The summed E-state index contributed by atoms with van der Waals surface area (Å²) in [4.78, 5) is 12.7. The third-order valence-corrected chi connectivity index (χ3v) is 4.57. The molecule has 1 aliphatic carbocycles. The van der Waals surface area contributed by atoms with Crippen molar-refractivity contribution in [1.82, 2.24) is 10.5 Å². The van der Waals surface area contributed by atoms with Crippen LogP contribution in [0, 0.1) is 6.92 Å². The average Bonchev–Trinajstić information content (AvgIpc) is 3.13. The van der Waals surface area contributed by atoms with Gasteiger partial charge in [0, 0.05) is 0 Å². The van der Waals surface area contributed by atoms with Crippen molar-refractivity contribution in [1.29, 1.82) is 0 Å². The van der Waals surface area contributed by atoms with Crippen molar-refractivity contribution < 1.29 is 19.2 Å². The first-order chi connectivity index (χ1) is 12.0. The minimum Gasteiger partial charge on any atom is -0.488 e. The van der Waals surface area contributed by atoms with Crippen molar-refractivity contribution >= 4 is 5.91 Å². The molecule has 1 amide bonds. The lowest BCUT2D eigenvalue weighted by atomic mass is 10.0. The van der Waals surface area contributed by atoms with Crippen molar-refractivity contribution in [3.8, 4) is 5.75 Å². The van der Waals surface area contributed by atoms with Crippen LogP contribution < -0.4 is 10.1 Å². The van der Waals surface area contributed by atoms with E-state index < -0.39 is 6.10 Å². The number of para-hydroxylation sites is 1. The first-order valence-corrected chi connectivity index (χ1v) is 8.64. The predicted molar refractivity (Wildman–Crippen MR) is 92.7 cm³/mol. The molecule has 0 radical (unpaired) electrons. The number of carbonyl (C=O) groups excluding carboxylic acids is 1. The van der Waals surface area contributed by atoms with Crippen LogP contribution in [-0.2, 0) is 0 Å². The lowest BCUT2D eigenvalue weighted by molar-refractivity contribution is 0.0434. The topological polar surface area (TPSA) is 84.6 Å². The maximum absolute atomic E-state index is 12.7. The molecule has 0 aliphatic heterocycles. The summed E-state index contributed by atoms with van der Waals surface area (Å²) in [6.07, 6.45) is 0.250. The Kier molecular flexibility index (Phi) is 5.08. The van der Waals surface area contributed by atoms with Crippen molar-refractivity contribution in [2.24, 2.45) is 0 Å². The standard InChI is InChI=1S/C19H24N2O4/c1-11(2)17-16(12(3)25-21-17)19(23)20-14-9-10-15(18(14)22)24-13-7-5-4-6-8-13/h4-8,11,14-15,18,22H,9-10H2,1-3H3,(H,20,23)/t14-,15-,18-/m1/s1. The third kappa shape index (κ3) is 3.69. The van der Waals surface area contributed by atoms with Gasteiger partial charge in [0.15, 0.2) is 0 Å². The third-order valence-electron chi connectivity index (χ3n) is 4.57. The summed E-state index contributed by atoms with van der Waals surface area (Å²) in [6.45, 7) is 5.64. The quantitative estimate of drug-likeness (QED) is 0.871. The van der Waals surface area contributed by atoms with E-state index in [1.165, 1.54) is 0 Å². The molecule has 0 unspecified atom stereocenters. The SMILES string of the molecule is Cc1onc(C(C)C)c1C(=O)N[C@@H]1CC[C@@H](Oc2ccccc2)[C@@H]1O. The molecule has 6 nitrogen and oxygen atoms in total. The number of carbonyl (C=O) groups is 1. The van der Waals surface area contributed by atoms with Gasteiger partial charge in [0.25, 0.3) is 5.91 Å². The summed E-state index contributed by atoms with van der Waals surface area (Å²) >= 11 is 0. The Bertz CT molecular complexity index is 726. The molecule has 3 atom stereocenters. The highest BCUT2D eigenvalue weighted by Crippen LogP contribution is 2.27. The van der Waals surface area contributed by atoms with Gasteiger partial charge < -0.3 is 19.7 Å². The fraction of sp³-hybridized carbons (Fsp3) is 0.474. The van der Waals surface area contributed by atoms with E-state index in [0.717, 1.165) is 5.75 Å². The fourth-order valence-corrected chi connectivity index (χ4v) is 3.20. The van der Waals surface area contributed by atoms with Crippen molar-refractivity contribution in [3.05, 3.63) is 47.3 Å². The lowest BCUT2D eigenvalue weighted by Crippen LogP contribution is -2.44. The largest absolute Gasteiger partial charge is 0.488 e. The Balaban J connectivity index is 1.66. The van der Waals surface area contributed by atoms with E-state index in [-0.39, 0.29) is 24.0 Å². The summed E-state index contributed by atoms with van der Waals surface area (Å²) < 4.78 is 11.0. The molecule has 0 spiro atoms. The number of hydrogen-bond donors (Lipinski definition) is 2. The first-order valence-electron chi connectivity index (χ1n) is 8.64. The van der Waals surface area contributed by atoms with Gasteiger partial charge in [-0.3, -0.25) is 4.79 Å². The molecule has 1 aromatic heterocycles. The van der Waals surface area contributed by atoms with Crippen LogP contribution in [0.15, 0.2) is 34.9 Å². The Morgan fingerprint density at radius 3 is 2.72 bits per heavy atom. The fourth-order valence-electron chi connectivity index (χ4n) is 3.20. The molecule has 6 heteroatoms. The number of aliphatic hydroxyl groups excluding tert-OH is 1. The minimum atomic E-state index is -0.758. The molecular formula is C19H24N2O4. The van der Waals surface area contributed by atoms with Gasteiger partial charge >= 0.3 is 0 Å². The van der Waals surface area contributed by atoms with Crippen molar-refractivity contribution in [2.75, 3.05) is 0 Å². The number of benzene rings is 1. The van der Waals surface area contributed by atoms with E-state index in [2.05, 4.69) is 10.5 Å². The number of aryl methyl sites for hydroxylation is 1. The van der Waals surface area contributed by atoms with Crippen molar-refractivity contribution in [3.63, 3.8) is 0 Å². The number of aromatic nitrogens is 1. The Hall–Kier alpha value is -2.34. The summed E-state index contributed by atoms with van der Waals surface area (Å²) in [5.74, 6) is 1.04. The maximum atomic E-state index is 12.7. The number of ether oxygens (including phenoxy) is 1. The highest BCUT2D eigenvalue weighted by molar-refractivity contribution is 5.96. The van der Waals surface area contributed by atoms with Gasteiger partial charge in [0.05, 0.1) is 11.7 Å². The van der Waals surface area contributed by atoms with Crippen molar-refractivity contribution in [2.45, 2.75) is 57.8 Å². The molecule has 1 heterocycles. The first kappa shape index (κ1) is 17.5. The molecular weight excluding hydrogens is 320 g/mol. The van der Waals surface area contributed by atoms with Gasteiger partial charge in [0.1, 0.15) is 29.3 Å². The average molecular weight is 344 g/mol. The molecule has 134 valence electrons. The van der Waals surface area contributed by atoms with Crippen LogP contribution in [0.2, 0.25) is 0 Å². The zero-order valence-corrected chi connectivity index (χ0v) is 14.7. The lowest BCUT2D eigenvalue weighted by Gasteiger charge is -2.21. The van der Waals surface area contributed by atoms with E-state index in [9.17, 15) is 9.90 Å². The van der Waals surface area contributed by atoms with E-state index in [1.54, 1.807) is 6.92 Å². The summed E-state index contributed by atoms with van der Waals surface area (Å²) in [5.41, 5.74) is 1.11. The van der Waals surface area contributed by atoms with E-state index >= 15 is 0 Å². The zero-order chi connectivity index (χ0) is 18.0. The maximum Gasteiger partial charge on any atom is 0.257 e. The molecule has 25 heavy (non-hydrogen) atoms. The van der Waals surface area contributed by atoms with E-state index in [1.807, 2.05) is 44.2 Å². The number of nitrogens with zero attached hydrogens (tertiary/aromatic N) is 1. The van der Waals surface area contributed by atoms with Crippen LogP contribution >= 0.6 is 0 Å². The summed E-state index contributed by atoms with van der Waals surface area (Å²) in [7, 11) is 0. The van der Waals surface area contributed by atoms with Gasteiger partial charge in [-0.15, -0.1) is 0 Å². The molecule has 2 aromatic rings. The van der Waals surface area contributed by atoms with Gasteiger partial charge in [-0.05, 0) is 37.8 Å². The normalized spacial score (nSPS) is 23.0. The smallest absolute Gasteiger partial charge is 0.257 e. The van der Waals surface area contributed by atoms with Crippen LogP contribution in [-0.4, -0.2) is 34.4 Å². The molecule has 1 aliphatic rings.